The minimum atomic E-state index is -2.14. The van der Waals surface area contributed by atoms with Crippen molar-refractivity contribution >= 4 is 0 Å². The first-order valence-corrected chi connectivity index (χ1v) is 2.96. The van der Waals surface area contributed by atoms with E-state index in [4.69, 9.17) is 25.5 Å². The molecule has 0 rings (SSSR count). The Balaban J connectivity index is 3.79. The Morgan fingerprint density at radius 2 is 1.73 bits per heavy atom. The monoisotopic (exact) mass is 168 g/mol. The Bertz CT molecular complexity index is 97.5. The molecule has 0 amide bonds. The van der Waals surface area contributed by atoms with Crippen LogP contribution in [-0.4, -0.2) is 44.1 Å². The van der Waals surface area contributed by atoms with Gasteiger partial charge in [-0.05, 0) is 6.92 Å². The van der Waals surface area contributed by atoms with E-state index < -0.39 is 25.0 Å². The summed E-state index contributed by atoms with van der Waals surface area (Å²) in [6.45, 7) is -1.06. The number of aliphatic hydroxyl groups excluding tert-OH is 2. The van der Waals surface area contributed by atoms with Crippen LogP contribution < -0.4 is 0 Å². The van der Waals surface area contributed by atoms with Crippen LogP contribution in [0.4, 0.5) is 0 Å². The van der Waals surface area contributed by atoms with E-state index in [9.17, 15) is 0 Å². The minimum absolute atomic E-state index is 0.523. The predicted molar refractivity (Wildman–Crippen MR) is 32.8 cm³/mol. The predicted octanol–water partition coefficient (Wildman–Crippen LogP) is -2.32. The summed E-state index contributed by atoms with van der Waals surface area (Å²) in [6.07, 6.45) is -2.28. The molecule has 0 spiro atoms. The van der Waals surface area contributed by atoms with Gasteiger partial charge in [0.15, 0.2) is 12.1 Å². The molecule has 0 fully saturated rings. The fourth-order valence-electron chi connectivity index (χ4n) is 0.614. The summed E-state index contributed by atoms with van der Waals surface area (Å²) >= 11 is 0. The largest absolute Gasteiger partial charge is 0.368 e. The highest BCUT2D eigenvalue weighted by Gasteiger charge is 2.26. The van der Waals surface area contributed by atoms with Gasteiger partial charge in [0, 0.05) is 0 Å². The van der Waals surface area contributed by atoms with Gasteiger partial charge in [0.1, 0.15) is 0 Å². The SMILES string of the molecule is CC(O)(CC(O)O)OC(O)O. The van der Waals surface area contributed by atoms with Gasteiger partial charge in [-0.3, -0.25) is 4.74 Å². The number of hydrogen-bond acceptors (Lipinski definition) is 6. The Labute approximate surface area is 63.3 Å². The lowest BCUT2D eigenvalue weighted by Crippen LogP contribution is -2.36. The lowest BCUT2D eigenvalue weighted by molar-refractivity contribution is -0.348. The van der Waals surface area contributed by atoms with Gasteiger partial charge in [-0.15, -0.1) is 0 Å². The third-order valence-corrected chi connectivity index (χ3v) is 0.921. The number of rotatable bonds is 4. The summed E-state index contributed by atoms with van der Waals surface area (Å²) in [5.41, 5.74) is 0. The third-order valence-electron chi connectivity index (χ3n) is 0.921. The summed E-state index contributed by atoms with van der Waals surface area (Å²) in [6, 6.07) is 0. The van der Waals surface area contributed by atoms with E-state index in [0.717, 1.165) is 6.92 Å². The van der Waals surface area contributed by atoms with E-state index in [1.807, 2.05) is 0 Å². The summed E-state index contributed by atoms with van der Waals surface area (Å²) in [5, 5.41) is 42.1. The Hall–Kier alpha value is -0.240. The first-order valence-electron chi connectivity index (χ1n) is 2.96. The zero-order valence-electron chi connectivity index (χ0n) is 6.01. The van der Waals surface area contributed by atoms with Gasteiger partial charge in [0.05, 0.1) is 6.42 Å². The van der Waals surface area contributed by atoms with E-state index >= 15 is 0 Å². The van der Waals surface area contributed by atoms with Gasteiger partial charge in [-0.2, -0.15) is 0 Å². The van der Waals surface area contributed by atoms with E-state index in [2.05, 4.69) is 4.74 Å². The molecule has 6 nitrogen and oxygen atoms in total. The van der Waals surface area contributed by atoms with Crippen molar-refractivity contribution in [3.63, 3.8) is 0 Å². The van der Waals surface area contributed by atoms with Crippen molar-refractivity contribution in [1.29, 1.82) is 0 Å². The van der Waals surface area contributed by atoms with Crippen LogP contribution >= 0.6 is 0 Å². The molecule has 0 saturated heterocycles. The fourth-order valence-corrected chi connectivity index (χ4v) is 0.614. The van der Waals surface area contributed by atoms with Crippen LogP contribution in [0, 0.1) is 0 Å². The molecule has 11 heavy (non-hydrogen) atoms. The highest BCUT2D eigenvalue weighted by Crippen LogP contribution is 2.13. The summed E-state index contributed by atoms with van der Waals surface area (Å²) < 4.78 is 4.10. The molecule has 0 radical (unpaired) electrons. The van der Waals surface area contributed by atoms with E-state index in [-0.39, 0.29) is 0 Å². The molecule has 0 heterocycles. The van der Waals surface area contributed by atoms with Crippen molar-refractivity contribution < 1.29 is 30.3 Å². The highest BCUT2D eigenvalue weighted by atomic mass is 16.8. The third kappa shape index (κ3) is 6.17. The Morgan fingerprint density at radius 1 is 1.27 bits per heavy atom. The molecule has 0 bridgehead atoms. The van der Waals surface area contributed by atoms with Crippen molar-refractivity contribution in [3.05, 3.63) is 0 Å². The Kier molecular flexibility index (Phi) is 3.87. The van der Waals surface area contributed by atoms with Gasteiger partial charge in [-0.1, -0.05) is 0 Å². The lowest BCUT2D eigenvalue weighted by atomic mass is 10.2. The number of aliphatic hydroxyl groups is 5. The van der Waals surface area contributed by atoms with E-state index in [1.165, 1.54) is 0 Å². The van der Waals surface area contributed by atoms with Crippen LogP contribution in [0.2, 0.25) is 0 Å². The second-order valence-corrected chi connectivity index (χ2v) is 2.30. The van der Waals surface area contributed by atoms with Gasteiger partial charge >= 0.3 is 0 Å². The maximum absolute atomic E-state index is 8.99. The number of ether oxygens (including phenoxy) is 1. The molecular weight excluding hydrogens is 156 g/mol. The van der Waals surface area contributed by atoms with Crippen molar-refractivity contribution in [2.24, 2.45) is 0 Å². The van der Waals surface area contributed by atoms with Crippen molar-refractivity contribution in [1.82, 2.24) is 0 Å². The molecule has 0 aliphatic rings. The summed E-state index contributed by atoms with van der Waals surface area (Å²) in [5.74, 6) is -1.96. The fraction of sp³-hybridized carbons (Fsp3) is 1.00. The molecule has 0 aromatic carbocycles. The maximum Gasteiger partial charge on any atom is 0.268 e. The highest BCUT2D eigenvalue weighted by molar-refractivity contribution is 4.59. The average Bonchev–Trinajstić information content (AvgIpc) is 1.53. The van der Waals surface area contributed by atoms with Gasteiger partial charge in [0.2, 0.25) is 0 Å². The van der Waals surface area contributed by atoms with Crippen LogP contribution in [0.5, 0.6) is 0 Å². The molecule has 0 aromatic heterocycles. The molecule has 0 aromatic rings. The molecule has 1 atom stereocenters. The summed E-state index contributed by atoms with van der Waals surface area (Å²) in [7, 11) is 0. The van der Waals surface area contributed by atoms with Crippen molar-refractivity contribution in [3.8, 4) is 0 Å². The van der Waals surface area contributed by atoms with Crippen LogP contribution in [0.15, 0.2) is 0 Å². The van der Waals surface area contributed by atoms with E-state index in [0.29, 0.717) is 0 Å². The Morgan fingerprint density at radius 3 is 2.00 bits per heavy atom. The normalized spacial score (nSPS) is 17.5. The molecule has 0 aliphatic carbocycles. The van der Waals surface area contributed by atoms with E-state index in [1.54, 1.807) is 0 Å². The van der Waals surface area contributed by atoms with Crippen LogP contribution in [0.3, 0.4) is 0 Å². The lowest BCUT2D eigenvalue weighted by Gasteiger charge is -2.24. The van der Waals surface area contributed by atoms with Crippen LogP contribution in [0.1, 0.15) is 13.3 Å². The van der Waals surface area contributed by atoms with Crippen molar-refractivity contribution in [2.45, 2.75) is 31.9 Å². The van der Waals surface area contributed by atoms with Crippen molar-refractivity contribution in [2.75, 3.05) is 0 Å². The molecule has 1 unspecified atom stereocenters. The molecule has 0 aliphatic heterocycles. The average molecular weight is 168 g/mol. The maximum atomic E-state index is 8.99. The van der Waals surface area contributed by atoms with Gasteiger partial charge in [-0.25, -0.2) is 0 Å². The second-order valence-electron chi connectivity index (χ2n) is 2.30. The molecular formula is C5H12O6. The van der Waals surface area contributed by atoms with Crippen LogP contribution in [-0.2, 0) is 4.74 Å². The minimum Gasteiger partial charge on any atom is -0.368 e. The first-order chi connectivity index (χ1) is 4.83. The molecule has 0 saturated carbocycles. The quantitative estimate of drug-likeness (QED) is 0.301. The zero-order chi connectivity index (χ0) is 9.07. The van der Waals surface area contributed by atoms with Gasteiger partial charge in [0.25, 0.3) is 6.48 Å². The standard InChI is InChI=1S/C5H12O6/c1-5(10,2-3(6)7)11-4(8)9/h3-4,6-10H,2H2,1H3. The number of hydrogen-bond donors (Lipinski definition) is 5. The second kappa shape index (κ2) is 3.96. The zero-order valence-corrected chi connectivity index (χ0v) is 6.01. The molecule has 68 valence electrons. The summed E-state index contributed by atoms with van der Waals surface area (Å²) in [4.78, 5) is 0. The first kappa shape index (κ1) is 10.8. The smallest absolute Gasteiger partial charge is 0.268 e. The van der Waals surface area contributed by atoms with Crippen LogP contribution in [0.25, 0.3) is 0 Å². The topological polar surface area (TPSA) is 110 Å². The van der Waals surface area contributed by atoms with Gasteiger partial charge < -0.3 is 25.5 Å². The molecule has 5 N–H and O–H groups in total. The molecule has 6 heteroatoms.